The molecule has 0 unspecified atom stereocenters. The Hall–Kier alpha value is -2.38. The van der Waals surface area contributed by atoms with E-state index < -0.39 is 0 Å². The molecule has 3 rings (SSSR count). The molecular weight excluding hydrogens is 366 g/mol. The van der Waals surface area contributed by atoms with Crippen molar-refractivity contribution in [2.24, 2.45) is 0 Å². The Morgan fingerprint density at radius 3 is 2.70 bits per heavy atom. The van der Waals surface area contributed by atoms with Gasteiger partial charge in [0.15, 0.2) is 5.69 Å². The number of nitrogens with one attached hydrogen (secondary N) is 2. The Bertz CT molecular complexity index is 799. The summed E-state index contributed by atoms with van der Waals surface area (Å²) in [6, 6.07) is 7.58. The molecule has 1 aromatic carbocycles. The van der Waals surface area contributed by atoms with Gasteiger partial charge in [-0.2, -0.15) is 0 Å². The Balaban J connectivity index is 0.00000261. The largest absolute Gasteiger partial charge is 0.491 e. The lowest BCUT2D eigenvalue weighted by atomic mass is 10.1. The van der Waals surface area contributed by atoms with E-state index >= 15 is 0 Å². The highest BCUT2D eigenvalue weighted by Crippen LogP contribution is 2.18. The zero-order chi connectivity index (χ0) is 18.5. The van der Waals surface area contributed by atoms with Gasteiger partial charge in [0.1, 0.15) is 5.75 Å². The van der Waals surface area contributed by atoms with E-state index in [2.05, 4.69) is 27.0 Å². The summed E-state index contributed by atoms with van der Waals surface area (Å²) < 4.78 is 7.31. The van der Waals surface area contributed by atoms with E-state index in [1.54, 1.807) is 4.68 Å². The van der Waals surface area contributed by atoms with Crippen molar-refractivity contribution in [1.29, 1.82) is 0 Å². The normalized spacial score (nSPS) is 13.7. The molecule has 2 heterocycles. The molecule has 1 aromatic heterocycles. The van der Waals surface area contributed by atoms with Crippen LogP contribution in [0.3, 0.4) is 0 Å². The molecule has 2 N–H and O–H groups in total. The Morgan fingerprint density at radius 2 is 2.07 bits per heavy atom. The molecule has 8 heteroatoms. The number of carbonyl (C=O) groups is 1. The highest BCUT2D eigenvalue weighted by Gasteiger charge is 2.17. The van der Waals surface area contributed by atoms with Gasteiger partial charge in [-0.05, 0) is 58.0 Å². The lowest BCUT2D eigenvalue weighted by molar-refractivity contribution is 0.0951. The van der Waals surface area contributed by atoms with Crippen LogP contribution in [0, 0.1) is 6.92 Å². The summed E-state index contributed by atoms with van der Waals surface area (Å²) in [5.74, 6) is 0.600. The van der Waals surface area contributed by atoms with Gasteiger partial charge >= 0.3 is 0 Å². The van der Waals surface area contributed by atoms with Crippen molar-refractivity contribution in [1.82, 2.24) is 25.6 Å². The molecule has 1 amide bonds. The molecule has 0 saturated carbocycles. The maximum absolute atomic E-state index is 12.4. The highest BCUT2D eigenvalue weighted by molar-refractivity contribution is 5.93. The number of aromatic nitrogens is 3. The van der Waals surface area contributed by atoms with Crippen molar-refractivity contribution < 1.29 is 9.53 Å². The molecule has 0 radical (unpaired) electrons. The first-order valence-electron chi connectivity index (χ1n) is 8.91. The van der Waals surface area contributed by atoms with Gasteiger partial charge in [-0.3, -0.25) is 4.79 Å². The maximum Gasteiger partial charge on any atom is 0.274 e. The van der Waals surface area contributed by atoms with Gasteiger partial charge in [-0.1, -0.05) is 16.9 Å². The SMILES string of the molecule is Cc1c(C(=O)NCC2=CCNCC2)nnn1-c1ccc(OC(C)C)cc1.Cl. The zero-order valence-electron chi connectivity index (χ0n) is 15.9. The first-order valence-corrected chi connectivity index (χ1v) is 8.91. The molecule has 1 aliphatic heterocycles. The van der Waals surface area contributed by atoms with Gasteiger partial charge in [0, 0.05) is 13.1 Å². The first kappa shape index (κ1) is 20.9. The number of rotatable bonds is 6. The Labute approximate surface area is 165 Å². The van der Waals surface area contributed by atoms with Crippen LogP contribution in [0.15, 0.2) is 35.9 Å². The van der Waals surface area contributed by atoms with E-state index in [9.17, 15) is 4.79 Å². The Kier molecular flexibility index (Phi) is 7.38. The molecule has 2 aromatic rings. The van der Waals surface area contributed by atoms with Crippen molar-refractivity contribution in [2.75, 3.05) is 19.6 Å². The number of amides is 1. The van der Waals surface area contributed by atoms with Gasteiger partial charge in [-0.25, -0.2) is 4.68 Å². The first-order chi connectivity index (χ1) is 12.5. The molecule has 27 heavy (non-hydrogen) atoms. The molecule has 0 bridgehead atoms. The molecule has 1 aliphatic rings. The number of ether oxygens (including phenoxy) is 1. The summed E-state index contributed by atoms with van der Waals surface area (Å²) in [5.41, 5.74) is 3.13. The summed E-state index contributed by atoms with van der Waals surface area (Å²) >= 11 is 0. The molecule has 7 nitrogen and oxygen atoms in total. The van der Waals surface area contributed by atoms with Crippen molar-refractivity contribution >= 4 is 18.3 Å². The predicted octanol–water partition coefficient (Wildman–Crippen LogP) is 2.43. The lowest BCUT2D eigenvalue weighted by Gasteiger charge is -2.14. The molecule has 0 saturated heterocycles. The van der Waals surface area contributed by atoms with Crippen LogP contribution in [0.2, 0.25) is 0 Å². The van der Waals surface area contributed by atoms with E-state index in [4.69, 9.17) is 4.74 Å². The standard InChI is InChI=1S/C19H25N5O2.ClH/c1-13(2)26-17-6-4-16(5-7-17)24-14(3)18(22-23-24)19(25)21-12-15-8-10-20-11-9-15;/h4-8,13,20H,9-12H2,1-3H3,(H,21,25);1H. The minimum absolute atomic E-state index is 0. The van der Waals surface area contributed by atoms with Gasteiger partial charge in [0.2, 0.25) is 0 Å². The second-order valence-corrected chi connectivity index (χ2v) is 6.59. The van der Waals surface area contributed by atoms with E-state index in [1.807, 2.05) is 45.0 Å². The second kappa shape index (κ2) is 9.53. The van der Waals surface area contributed by atoms with E-state index in [-0.39, 0.29) is 24.4 Å². The van der Waals surface area contributed by atoms with Crippen molar-refractivity contribution in [2.45, 2.75) is 33.3 Å². The average Bonchev–Trinajstić information content (AvgIpc) is 3.02. The van der Waals surface area contributed by atoms with E-state index in [1.165, 1.54) is 5.57 Å². The van der Waals surface area contributed by atoms with Crippen LogP contribution in [0.1, 0.15) is 36.5 Å². The molecular formula is C19H26ClN5O2. The summed E-state index contributed by atoms with van der Waals surface area (Å²) in [5, 5.41) is 14.4. The number of benzene rings is 1. The summed E-state index contributed by atoms with van der Waals surface area (Å²) in [4.78, 5) is 12.4. The van der Waals surface area contributed by atoms with Gasteiger partial charge in [0.05, 0.1) is 17.5 Å². The van der Waals surface area contributed by atoms with Crippen molar-refractivity contribution in [3.63, 3.8) is 0 Å². The third-order valence-corrected chi connectivity index (χ3v) is 4.20. The molecule has 146 valence electrons. The van der Waals surface area contributed by atoms with Crippen LogP contribution >= 0.6 is 12.4 Å². The number of nitrogens with zero attached hydrogens (tertiary/aromatic N) is 3. The van der Waals surface area contributed by atoms with Crippen molar-refractivity contribution in [3.8, 4) is 11.4 Å². The number of hydrogen-bond donors (Lipinski definition) is 2. The van der Waals surface area contributed by atoms with Crippen LogP contribution in [0.5, 0.6) is 5.75 Å². The predicted molar refractivity (Wildman–Crippen MR) is 107 cm³/mol. The average molecular weight is 392 g/mol. The molecule has 0 atom stereocenters. The molecule has 0 fully saturated rings. The Morgan fingerprint density at radius 1 is 1.33 bits per heavy atom. The molecule has 0 aliphatic carbocycles. The lowest BCUT2D eigenvalue weighted by Crippen LogP contribution is -2.30. The fourth-order valence-corrected chi connectivity index (χ4v) is 2.83. The summed E-state index contributed by atoms with van der Waals surface area (Å²) in [6.45, 7) is 8.18. The minimum atomic E-state index is -0.201. The quantitative estimate of drug-likeness (QED) is 0.739. The third-order valence-electron chi connectivity index (χ3n) is 4.20. The minimum Gasteiger partial charge on any atom is -0.491 e. The van der Waals surface area contributed by atoms with Crippen LogP contribution in [-0.4, -0.2) is 46.6 Å². The van der Waals surface area contributed by atoms with Gasteiger partial charge in [-0.15, -0.1) is 17.5 Å². The summed E-state index contributed by atoms with van der Waals surface area (Å²) in [7, 11) is 0. The fourth-order valence-electron chi connectivity index (χ4n) is 2.83. The number of hydrogen-bond acceptors (Lipinski definition) is 5. The number of halogens is 1. The second-order valence-electron chi connectivity index (χ2n) is 6.59. The fraction of sp³-hybridized carbons (Fsp3) is 0.421. The third kappa shape index (κ3) is 5.30. The highest BCUT2D eigenvalue weighted by atomic mass is 35.5. The summed E-state index contributed by atoms with van der Waals surface area (Å²) in [6.07, 6.45) is 3.20. The smallest absolute Gasteiger partial charge is 0.274 e. The van der Waals surface area contributed by atoms with E-state index in [0.717, 1.165) is 30.9 Å². The van der Waals surface area contributed by atoms with Crippen LogP contribution in [0.25, 0.3) is 5.69 Å². The van der Waals surface area contributed by atoms with Gasteiger partial charge < -0.3 is 15.4 Å². The van der Waals surface area contributed by atoms with Crippen LogP contribution in [-0.2, 0) is 0 Å². The topological polar surface area (TPSA) is 81.1 Å². The zero-order valence-corrected chi connectivity index (χ0v) is 16.7. The number of carbonyl (C=O) groups excluding carboxylic acids is 1. The van der Waals surface area contributed by atoms with Crippen molar-refractivity contribution in [3.05, 3.63) is 47.3 Å². The molecule has 0 spiro atoms. The van der Waals surface area contributed by atoms with Crippen LogP contribution < -0.4 is 15.4 Å². The monoisotopic (exact) mass is 391 g/mol. The maximum atomic E-state index is 12.4. The van der Waals surface area contributed by atoms with Gasteiger partial charge in [0.25, 0.3) is 5.91 Å². The van der Waals surface area contributed by atoms with E-state index in [0.29, 0.717) is 17.9 Å². The van der Waals surface area contributed by atoms with Crippen LogP contribution in [0.4, 0.5) is 0 Å².